The van der Waals surface area contributed by atoms with Gasteiger partial charge in [-0.05, 0) is 37.6 Å². The molecule has 0 heterocycles. The molecule has 3 rings (SSSR count). The van der Waals surface area contributed by atoms with Gasteiger partial charge in [-0.1, -0.05) is 42.0 Å². The lowest BCUT2D eigenvalue weighted by molar-refractivity contribution is -0.387. The topological polar surface area (TPSA) is 140 Å². The van der Waals surface area contributed by atoms with Crippen LogP contribution >= 0.6 is 0 Å². The third kappa shape index (κ3) is 6.22. The van der Waals surface area contributed by atoms with Crippen LogP contribution in [0.3, 0.4) is 0 Å². The number of rotatable bonds is 10. The van der Waals surface area contributed by atoms with E-state index in [-0.39, 0.29) is 11.4 Å². The summed E-state index contributed by atoms with van der Waals surface area (Å²) in [5.41, 5.74) is 4.05. The Kier molecular flexibility index (Phi) is 8.45. The molecule has 3 aromatic carbocycles. The van der Waals surface area contributed by atoms with Crippen LogP contribution in [0.25, 0.3) is 0 Å². The van der Waals surface area contributed by atoms with Gasteiger partial charge >= 0.3 is 0 Å². The predicted octanol–water partition coefficient (Wildman–Crippen LogP) is 3.66. The lowest BCUT2D eigenvalue weighted by Crippen LogP contribution is -2.40. The molecule has 0 spiro atoms. The van der Waals surface area contributed by atoms with Crippen LogP contribution in [0.4, 0.5) is 11.4 Å². The van der Waals surface area contributed by atoms with Gasteiger partial charge in [-0.2, -0.15) is 5.10 Å². The summed E-state index contributed by atoms with van der Waals surface area (Å²) < 4.78 is 38.7. The minimum absolute atomic E-state index is 0.0177. The number of para-hydroxylation sites is 1. The highest BCUT2D eigenvalue weighted by atomic mass is 32.2. The Morgan fingerprint density at radius 1 is 1.05 bits per heavy atom. The summed E-state index contributed by atoms with van der Waals surface area (Å²) in [6.07, 6.45) is 0. The average Bonchev–Trinajstić information content (AvgIpc) is 2.90. The third-order valence-electron chi connectivity index (χ3n) is 5.39. The maximum atomic E-state index is 13.7. The van der Waals surface area contributed by atoms with Gasteiger partial charge < -0.3 is 9.47 Å². The molecule has 0 saturated carbocycles. The van der Waals surface area contributed by atoms with Gasteiger partial charge in [0.15, 0.2) is 4.90 Å². The van der Waals surface area contributed by atoms with E-state index in [0.717, 1.165) is 27.6 Å². The van der Waals surface area contributed by atoms with E-state index in [4.69, 9.17) is 9.47 Å². The summed E-state index contributed by atoms with van der Waals surface area (Å²) in [4.78, 5) is 23.1. The number of carbonyl (C=O) groups is 1. The second-order valence-electron chi connectivity index (χ2n) is 7.87. The number of hydrazone groups is 1. The lowest BCUT2D eigenvalue weighted by atomic mass is 10.1. The van der Waals surface area contributed by atoms with Crippen molar-refractivity contribution in [1.82, 2.24) is 5.43 Å². The summed E-state index contributed by atoms with van der Waals surface area (Å²) in [6, 6.07) is 16.7. The molecule has 11 nitrogen and oxygen atoms in total. The number of carbonyl (C=O) groups excluding carboxylic acids is 1. The summed E-state index contributed by atoms with van der Waals surface area (Å²) in [5.74, 6) is -0.313. The number of sulfonamides is 1. The zero-order valence-corrected chi connectivity index (χ0v) is 21.5. The van der Waals surface area contributed by atoms with E-state index in [1.807, 2.05) is 31.2 Å². The number of nitro benzene ring substituents is 1. The van der Waals surface area contributed by atoms with Crippen LogP contribution in [0.15, 0.2) is 76.7 Å². The van der Waals surface area contributed by atoms with E-state index >= 15 is 0 Å². The molecule has 0 unspecified atom stereocenters. The smallest absolute Gasteiger partial charge is 0.289 e. The number of hydrogen-bond donors (Lipinski definition) is 1. The van der Waals surface area contributed by atoms with Gasteiger partial charge in [0, 0.05) is 12.1 Å². The van der Waals surface area contributed by atoms with Gasteiger partial charge in [0.05, 0.1) is 30.5 Å². The van der Waals surface area contributed by atoms with E-state index < -0.39 is 38.0 Å². The summed E-state index contributed by atoms with van der Waals surface area (Å²) in [6.45, 7) is 2.90. The Balaban J connectivity index is 2.03. The molecule has 12 heteroatoms. The first-order chi connectivity index (χ1) is 17.6. The van der Waals surface area contributed by atoms with E-state index in [1.54, 1.807) is 6.92 Å². The zero-order valence-electron chi connectivity index (χ0n) is 20.7. The first kappa shape index (κ1) is 27.1. The van der Waals surface area contributed by atoms with Gasteiger partial charge in [0.1, 0.15) is 18.0 Å². The number of nitrogens with zero attached hydrogens (tertiary/aromatic N) is 3. The number of nitrogens with one attached hydrogen (secondary N) is 1. The molecule has 194 valence electrons. The van der Waals surface area contributed by atoms with Gasteiger partial charge in [0.25, 0.3) is 21.6 Å². The molecule has 0 atom stereocenters. The molecule has 0 aliphatic carbocycles. The highest BCUT2D eigenvalue weighted by Crippen LogP contribution is 2.37. The number of nitro groups is 1. The summed E-state index contributed by atoms with van der Waals surface area (Å²) in [5, 5.41) is 15.7. The summed E-state index contributed by atoms with van der Waals surface area (Å²) >= 11 is 0. The fourth-order valence-corrected chi connectivity index (χ4v) is 5.00. The molecule has 1 N–H and O–H groups in total. The molecule has 0 radical (unpaired) electrons. The van der Waals surface area contributed by atoms with Crippen molar-refractivity contribution in [2.24, 2.45) is 5.10 Å². The van der Waals surface area contributed by atoms with Gasteiger partial charge in [-0.15, -0.1) is 0 Å². The highest BCUT2D eigenvalue weighted by molar-refractivity contribution is 7.93. The first-order valence-electron chi connectivity index (χ1n) is 11.0. The lowest BCUT2D eigenvalue weighted by Gasteiger charge is -2.25. The van der Waals surface area contributed by atoms with Crippen molar-refractivity contribution < 1.29 is 27.6 Å². The molecule has 0 bridgehead atoms. The van der Waals surface area contributed by atoms with E-state index in [0.29, 0.717) is 11.5 Å². The Morgan fingerprint density at radius 3 is 2.35 bits per heavy atom. The minimum Gasteiger partial charge on any atom is -0.497 e. The number of benzene rings is 3. The second kappa shape index (κ2) is 11.5. The summed E-state index contributed by atoms with van der Waals surface area (Å²) in [7, 11) is -1.86. The largest absolute Gasteiger partial charge is 0.497 e. The Bertz CT molecular complexity index is 1440. The zero-order chi connectivity index (χ0) is 27.2. The fraction of sp³-hybridized carbons (Fsp3) is 0.200. The first-order valence-corrected chi connectivity index (χ1v) is 12.4. The fourth-order valence-electron chi connectivity index (χ4n) is 3.41. The standard InChI is InChI=1S/C25H26N4O7S/c1-17-9-11-19(12-10-17)18(2)26-27-25(30)16-28(21-14-13-20(35-3)15-23(21)36-4)37(33,34)24-8-6-5-7-22(24)29(31)32/h5-15H,16H2,1-4H3,(H,27,30)/b26-18-. The minimum atomic E-state index is -4.61. The van der Waals surface area contributed by atoms with Crippen LogP contribution in [-0.2, 0) is 14.8 Å². The maximum absolute atomic E-state index is 13.7. The molecule has 3 aromatic rings. The molecule has 0 fully saturated rings. The van der Waals surface area contributed by atoms with E-state index in [1.165, 1.54) is 44.6 Å². The average molecular weight is 527 g/mol. The number of hydrogen-bond acceptors (Lipinski definition) is 8. The number of amides is 1. The molecule has 37 heavy (non-hydrogen) atoms. The van der Waals surface area contributed by atoms with Gasteiger partial charge in [-0.3, -0.25) is 19.2 Å². The molecular weight excluding hydrogens is 500 g/mol. The van der Waals surface area contributed by atoms with Gasteiger partial charge in [0.2, 0.25) is 0 Å². The van der Waals surface area contributed by atoms with Crippen molar-refractivity contribution >= 4 is 33.0 Å². The Hall–Kier alpha value is -4.45. The van der Waals surface area contributed by atoms with Crippen molar-refractivity contribution in [1.29, 1.82) is 0 Å². The number of aryl methyl sites for hydroxylation is 1. The second-order valence-corrected chi connectivity index (χ2v) is 9.70. The van der Waals surface area contributed by atoms with Crippen LogP contribution in [0, 0.1) is 17.0 Å². The monoisotopic (exact) mass is 526 g/mol. The van der Waals surface area contributed by atoms with Crippen molar-refractivity contribution in [3.63, 3.8) is 0 Å². The molecule has 1 amide bonds. The normalized spacial score (nSPS) is 11.5. The maximum Gasteiger partial charge on any atom is 0.289 e. The van der Waals surface area contributed by atoms with Crippen LogP contribution in [0.2, 0.25) is 0 Å². The number of anilines is 1. The van der Waals surface area contributed by atoms with Crippen molar-refractivity contribution in [2.75, 3.05) is 25.1 Å². The number of ether oxygens (including phenoxy) is 2. The van der Waals surface area contributed by atoms with Crippen LogP contribution in [0.1, 0.15) is 18.1 Å². The van der Waals surface area contributed by atoms with Crippen LogP contribution < -0.4 is 19.2 Å². The molecule has 0 saturated heterocycles. The van der Waals surface area contributed by atoms with Crippen molar-refractivity contribution in [3.05, 3.63) is 88.0 Å². The molecule has 0 aromatic heterocycles. The van der Waals surface area contributed by atoms with Crippen LogP contribution in [0.5, 0.6) is 11.5 Å². The molecule has 0 aliphatic rings. The predicted molar refractivity (Wildman–Crippen MR) is 139 cm³/mol. The van der Waals surface area contributed by atoms with Gasteiger partial charge in [-0.25, -0.2) is 13.8 Å². The van der Waals surface area contributed by atoms with E-state index in [9.17, 15) is 23.3 Å². The highest BCUT2D eigenvalue weighted by Gasteiger charge is 2.34. The van der Waals surface area contributed by atoms with Crippen molar-refractivity contribution in [2.45, 2.75) is 18.7 Å². The molecular formula is C25H26N4O7S. The quantitative estimate of drug-likeness (QED) is 0.241. The van der Waals surface area contributed by atoms with Crippen LogP contribution in [-0.4, -0.2) is 45.7 Å². The Morgan fingerprint density at radius 2 is 1.73 bits per heavy atom. The third-order valence-corrected chi connectivity index (χ3v) is 7.20. The van der Waals surface area contributed by atoms with Crippen molar-refractivity contribution in [3.8, 4) is 11.5 Å². The Labute approximate surface area is 214 Å². The molecule has 0 aliphatic heterocycles. The SMILES string of the molecule is COc1ccc(N(CC(=O)N/N=C(/C)c2ccc(C)cc2)S(=O)(=O)c2ccccc2[N+](=O)[O-])c(OC)c1. The number of methoxy groups -OCH3 is 2. The van der Waals surface area contributed by atoms with E-state index in [2.05, 4.69) is 10.5 Å².